The average molecular weight is 377 g/mol. The lowest BCUT2D eigenvalue weighted by atomic mass is 10.0. The zero-order chi connectivity index (χ0) is 18.2. The van der Waals surface area contributed by atoms with Gasteiger partial charge >= 0.3 is 5.97 Å². The van der Waals surface area contributed by atoms with Crippen LogP contribution in [-0.4, -0.2) is 24.5 Å². The summed E-state index contributed by atoms with van der Waals surface area (Å²) in [5, 5.41) is 4.77. The van der Waals surface area contributed by atoms with Gasteiger partial charge in [-0.3, -0.25) is 0 Å². The van der Waals surface area contributed by atoms with Crippen molar-refractivity contribution in [2.45, 2.75) is 13.5 Å². The van der Waals surface area contributed by atoms with Crippen molar-refractivity contribution in [1.29, 1.82) is 0 Å². The van der Waals surface area contributed by atoms with Crippen molar-refractivity contribution in [2.24, 2.45) is 9.55 Å². The molecule has 0 aliphatic carbocycles. The van der Waals surface area contributed by atoms with Gasteiger partial charge in [-0.15, -0.1) is 0 Å². The van der Waals surface area contributed by atoms with Crippen LogP contribution < -0.4 is 0 Å². The minimum Gasteiger partial charge on any atom is -0.464 e. The Labute approximate surface area is 156 Å². The van der Waals surface area contributed by atoms with E-state index in [4.69, 9.17) is 21.2 Å². The van der Waals surface area contributed by atoms with E-state index in [9.17, 15) is 4.79 Å². The molecule has 0 fully saturated rings. The van der Waals surface area contributed by atoms with Crippen molar-refractivity contribution in [1.82, 2.24) is 0 Å². The molecular formula is C18H17ClN2O3S. The average Bonchev–Trinajstić information content (AvgIpc) is 2.63. The summed E-state index contributed by atoms with van der Waals surface area (Å²) < 4.78 is 8.45. The predicted molar refractivity (Wildman–Crippen MR) is 102 cm³/mol. The topological polar surface area (TPSA) is 60.2 Å². The summed E-state index contributed by atoms with van der Waals surface area (Å²) in [6.07, 6.45) is 0. The van der Waals surface area contributed by atoms with Crippen LogP contribution in [0.5, 0.6) is 0 Å². The monoisotopic (exact) mass is 376 g/mol. The molecule has 130 valence electrons. The van der Waals surface area contributed by atoms with Gasteiger partial charge in [0, 0.05) is 16.1 Å². The summed E-state index contributed by atoms with van der Waals surface area (Å²) in [5.74, 6) is -0.566. The summed E-state index contributed by atoms with van der Waals surface area (Å²) in [6, 6.07) is 14.5. The highest BCUT2D eigenvalue weighted by Gasteiger charge is 2.17. The maximum absolute atomic E-state index is 11.8. The number of benzene rings is 2. The van der Waals surface area contributed by atoms with Gasteiger partial charge in [-0.25, -0.2) is 9.19 Å². The van der Waals surface area contributed by atoms with E-state index in [0.29, 0.717) is 16.3 Å². The Balaban J connectivity index is 2.15. The first-order valence-corrected chi connectivity index (χ1v) is 8.15. The third-order valence-corrected chi connectivity index (χ3v) is 3.89. The number of halogens is 1. The summed E-state index contributed by atoms with van der Waals surface area (Å²) in [5.41, 5.74) is 3.07. The maximum atomic E-state index is 11.8. The van der Waals surface area contributed by atoms with Gasteiger partial charge in [-0.2, -0.15) is 0 Å². The zero-order valence-corrected chi connectivity index (χ0v) is 15.4. The zero-order valence-electron chi connectivity index (χ0n) is 13.8. The number of carbonyl (C=O) groups is 1. The summed E-state index contributed by atoms with van der Waals surface area (Å²) in [7, 11) is 1.29. The number of nitrogens with zero attached hydrogens (tertiary/aromatic N) is 2. The van der Waals surface area contributed by atoms with Crippen LogP contribution in [0.3, 0.4) is 0 Å². The second kappa shape index (κ2) is 9.25. The third-order valence-electron chi connectivity index (χ3n) is 3.43. The Bertz CT molecular complexity index is 804. The van der Waals surface area contributed by atoms with Crippen LogP contribution in [0.2, 0.25) is 5.02 Å². The predicted octanol–water partition coefficient (Wildman–Crippen LogP) is 4.09. The normalized spacial score (nSPS) is 12.0. The summed E-state index contributed by atoms with van der Waals surface area (Å²) in [4.78, 5) is 17.2. The first-order valence-electron chi connectivity index (χ1n) is 7.38. The Morgan fingerprint density at radius 2 is 1.84 bits per heavy atom. The lowest BCUT2D eigenvalue weighted by molar-refractivity contribution is -0.132. The van der Waals surface area contributed by atoms with E-state index < -0.39 is 5.97 Å². The quantitative estimate of drug-likeness (QED) is 0.357. The molecule has 0 saturated carbocycles. The van der Waals surface area contributed by atoms with Crippen LogP contribution in [-0.2, 0) is 21.0 Å². The number of oxime groups is 1. The second-order valence-electron chi connectivity index (χ2n) is 5.05. The van der Waals surface area contributed by atoms with E-state index in [0.717, 1.165) is 11.1 Å². The van der Waals surface area contributed by atoms with Crippen LogP contribution in [0.25, 0.3) is 0 Å². The van der Waals surface area contributed by atoms with E-state index in [1.807, 2.05) is 31.2 Å². The lowest BCUT2D eigenvalue weighted by Gasteiger charge is -2.09. The van der Waals surface area contributed by atoms with Crippen LogP contribution >= 0.6 is 24.4 Å². The van der Waals surface area contributed by atoms with E-state index in [1.54, 1.807) is 24.3 Å². The highest BCUT2D eigenvalue weighted by molar-refractivity contribution is 7.79. The van der Waals surface area contributed by atoms with Gasteiger partial charge in [-0.1, -0.05) is 53.2 Å². The molecular weight excluding hydrogens is 360 g/mol. The van der Waals surface area contributed by atoms with Crippen LogP contribution in [0.1, 0.15) is 23.6 Å². The molecule has 0 atom stereocenters. The minimum absolute atomic E-state index is 0.114. The fraction of sp³-hybridized carbons (Fsp3) is 0.167. The van der Waals surface area contributed by atoms with Gasteiger partial charge in [0.15, 0.2) is 5.71 Å². The minimum atomic E-state index is -0.566. The number of hydrogen-bond donors (Lipinski definition) is 1. The SMILES string of the molecule is COC(=O)/C(=N/S)c1ccccc1CO/N=C(\C)c1ccc(Cl)cc1. The molecule has 0 aliphatic rings. The van der Waals surface area contributed by atoms with Gasteiger partial charge in [-0.05, 0) is 37.4 Å². The Hall–Kier alpha value is -2.31. The number of rotatable bonds is 6. The molecule has 0 unspecified atom stereocenters. The van der Waals surface area contributed by atoms with E-state index in [-0.39, 0.29) is 12.3 Å². The second-order valence-corrected chi connectivity index (χ2v) is 5.69. The van der Waals surface area contributed by atoms with E-state index >= 15 is 0 Å². The molecule has 25 heavy (non-hydrogen) atoms. The number of esters is 1. The van der Waals surface area contributed by atoms with Crippen molar-refractivity contribution in [3.8, 4) is 0 Å². The molecule has 2 aromatic rings. The van der Waals surface area contributed by atoms with Crippen molar-refractivity contribution in [3.63, 3.8) is 0 Å². The molecule has 0 bridgehead atoms. The van der Waals surface area contributed by atoms with Crippen molar-refractivity contribution in [2.75, 3.05) is 7.11 Å². The van der Waals surface area contributed by atoms with E-state index in [2.05, 4.69) is 22.4 Å². The Morgan fingerprint density at radius 1 is 1.16 bits per heavy atom. The van der Waals surface area contributed by atoms with Gasteiger partial charge in [0.1, 0.15) is 6.61 Å². The van der Waals surface area contributed by atoms with E-state index in [1.165, 1.54) is 7.11 Å². The maximum Gasteiger partial charge on any atom is 0.357 e. The molecule has 0 aromatic heterocycles. The number of methoxy groups -OCH3 is 1. The van der Waals surface area contributed by atoms with Gasteiger partial charge in [0.25, 0.3) is 0 Å². The summed E-state index contributed by atoms with van der Waals surface area (Å²) in [6.45, 7) is 2.01. The fourth-order valence-electron chi connectivity index (χ4n) is 2.12. The third kappa shape index (κ3) is 5.08. The molecule has 0 saturated heterocycles. The summed E-state index contributed by atoms with van der Waals surface area (Å²) >= 11 is 9.73. The Morgan fingerprint density at radius 3 is 2.48 bits per heavy atom. The molecule has 2 rings (SSSR count). The molecule has 0 spiro atoms. The van der Waals surface area contributed by atoms with Crippen LogP contribution in [0.15, 0.2) is 58.1 Å². The van der Waals surface area contributed by atoms with Gasteiger partial charge in [0.05, 0.1) is 12.8 Å². The van der Waals surface area contributed by atoms with Crippen LogP contribution in [0.4, 0.5) is 0 Å². The molecule has 0 N–H and O–H groups in total. The number of hydrogen-bond acceptors (Lipinski definition) is 6. The molecule has 0 radical (unpaired) electrons. The van der Waals surface area contributed by atoms with Crippen molar-refractivity contribution < 1.29 is 14.4 Å². The number of ether oxygens (including phenoxy) is 1. The molecule has 2 aromatic carbocycles. The molecule has 7 heteroatoms. The van der Waals surface area contributed by atoms with Crippen molar-refractivity contribution in [3.05, 3.63) is 70.2 Å². The first-order chi connectivity index (χ1) is 12.1. The molecule has 0 heterocycles. The number of carbonyl (C=O) groups excluding carboxylic acids is 1. The largest absolute Gasteiger partial charge is 0.464 e. The lowest BCUT2D eigenvalue weighted by Crippen LogP contribution is -2.18. The number of thiol groups is 1. The fourth-order valence-corrected chi connectivity index (χ4v) is 2.44. The van der Waals surface area contributed by atoms with Gasteiger partial charge < -0.3 is 9.57 Å². The molecule has 5 nitrogen and oxygen atoms in total. The first kappa shape index (κ1) is 19.0. The molecule has 0 aliphatic heterocycles. The smallest absolute Gasteiger partial charge is 0.357 e. The highest BCUT2D eigenvalue weighted by atomic mass is 35.5. The Kier molecular flexibility index (Phi) is 7.03. The standard InChI is InChI=1S/C18H17ClN2O3S/c1-12(13-7-9-15(19)10-8-13)20-24-11-14-5-3-4-6-16(14)17(21-25)18(22)23-2/h3-10,25H,11H2,1-2H3/b20-12+,21-17+. The molecule has 0 amide bonds. The van der Waals surface area contributed by atoms with Crippen LogP contribution in [0, 0.1) is 0 Å². The van der Waals surface area contributed by atoms with Gasteiger partial charge in [0.2, 0.25) is 0 Å². The highest BCUT2D eigenvalue weighted by Crippen LogP contribution is 2.15. The van der Waals surface area contributed by atoms with Crippen molar-refractivity contribution >= 4 is 41.8 Å².